The van der Waals surface area contributed by atoms with Gasteiger partial charge in [-0.1, -0.05) is 6.92 Å². The fraction of sp³-hybridized carbons (Fsp3) is 0.538. The first-order valence-electron chi connectivity index (χ1n) is 5.82. The second kappa shape index (κ2) is 4.50. The second-order valence-corrected chi connectivity index (χ2v) is 5.74. The molecule has 0 radical (unpaired) electrons. The van der Waals surface area contributed by atoms with Gasteiger partial charge >= 0.3 is 0 Å². The Morgan fingerprint density at radius 2 is 2.41 bits per heavy atom. The average Bonchev–Trinajstić information content (AvgIpc) is 2.77. The van der Waals surface area contributed by atoms with Crippen LogP contribution in [0.1, 0.15) is 38.3 Å². The highest BCUT2D eigenvalue weighted by atomic mass is 32.1. The van der Waals surface area contributed by atoms with Gasteiger partial charge in [0.2, 0.25) is 5.91 Å². The summed E-state index contributed by atoms with van der Waals surface area (Å²) in [5.74, 6) is 0.369. The number of hydrogen-bond acceptors (Lipinski definition) is 3. The Morgan fingerprint density at radius 3 is 2.88 bits per heavy atom. The van der Waals surface area contributed by atoms with Gasteiger partial charge in [-0.25, -0.2) is 0 Å². The summed E-state index contributed by atoms with van der Waals surface area (Å²) >= 11 is 1.61. The fourth-order valence-electron chi connectivity index (χ4n) is 2.40. The van der Waals surface area contributed by atoms with Gasteiger partial charge in [0, 0.05) is 0 Å². The van der Waals surface area contributed by atoms with Crippen molar-refractivity contribution in [1.82, 2.24) is 5.32 Å². The van der Waals surface area contributed by atoms with Gasteiger partial charge in [0.25, 0.3) is 0 Å². The number of rotatable bonds is 3. The van der Waals surface area contributed by atoms with Gasteiger partial charge < -0.3 is 5.32 Å². The summed E-state index contributed by atoms with van der Waals surface area (Å²) in [4.78, 5) is 12.1. The largest absolute Gasteiger partial charge is 0.348 e. The molecule has 17 heavy (non-hydrogen) atoms. The maximum atomic E-state index is 12.1. The molecule has 1 heterocycles. The summed E-state index contributed by atoms with van der Waals surface area (Å²) in [6, 6.07) is 4.17. The predicted molar refractivity (Wildman–Crippen MR) is 67.3 cm³/mol. The molecule has 1 N–H and O–H groups in total. The van der Waals surface area contributed by atoms with Crippen LogP contribution in [0, 0.1) is 22.7 Å². The molecule has 1 amide bonds. The number of amides is 1. The summed E-state index contributed by atoms with van der Waals surface area (Å²) < 4.78 is 0. The molecule has 1 saturated carbocycles. The first kappa shape index (κ1) is 12.1. The van der Waals surface area contributed by atoms with Gasteiger partial charge in [0.1, 0.15) is 5.41 Å². The lowest BCUT2D eigenvalue weighted by atomic mass is 9.63. The first-order valence-corrected chi connectivity index (χ1v) is 6.76. The molecule has 1 aliphatic carbocycles. The van der Waals surface area contributed by atoms with E-state index in [-0.39, 0.29) is 11.9 Å². The molecule has 0 aromatic carbocycles. The maximum Gasteiger partial charge on any atom is 0.240 e. The number of carbonyl (C=O) groups excluding carboxylic acids is 1. The summed E-state index contributed by atoms with van der Waals surface area (Å²) in [6.45, 7) is 4.03. The number of nitrogens with one attached hydrogen (secondary N) is 1. The Hall–Kier alpha value is -1.34. The van der Waals surface area contributed by atoms with Gasteiger partial charge in [-0.15, -0.1) is 0 Å². The van der Waals surface area contributed by atoms with Crippen LogP contribution in [0.3, 0.4) is 0 Å². The molecule has 90 valence electrons. The van der Waals surface area contributed by atoms with Crippen LogP contribution >= 0.6 is 11.3 Å². The molecule has 1 unspecified atom stereocenters. The molecular formula is C13H16N2OS. The Bertz CT molecular complexity index is 440. The number of nitrogens with zero attached hydrogens (tertiary/aromatic N) is 1. The van der Waals surface area contributed by atoms with Crippen molar-refractivity contribution in [2.24, 2.45) is 11.3 Å². The van der Waals surface area contributed by atoms with E-state index in [0.717, 1.165) is 5.56 Å². The molecule has 0 spiro atoms. The van der Waals surface area contributed by atoms with E-state index in [0.29, 0.717) is 18.8 Å². The lowest BCUT2D eigenvalue weighted by Crippen LogP contribution is -2.48. The molecule has 0 aliphatic heterocycles. The summed E-state index contributed by atoms with van der Waals surface area (Å²) in [5.41, 5.74) is 0.327. The van der Waals surface area contributed by atoms with Crippen LogP contribution in [0.2, 0.25) is 0 Å². The van der Waals surface area contributed by atoms with E-state index < -0.39 is 5.41 Å². The average molecular weight is 248 g/mol. The van der Waals surface area contributed by atoms with Crippen LogP contribution in [0.25, 0.3) is 0 Å². The molecule has 4 heteroatoms. The van der Waals surface area contributed by atoms with Crippen molar-refractivity contribution >= 4 is 17.2 Å². The minimum Gasteiger partial charge on any atom is -0.348 e. The van der Waals surface area contributed by atoms with Crippen LogP contribution in [0.5, 0.6) is 0 Å². The second-order valence-electron chi connectivity index (χ2n) is 4.96. The van der Waals surface area contributed by atoms with Gasteiger partial charge in [0.15, 0.2) is 0 Å². The van der Waals surface area contributed by atoms with Crippen LogP contribution in [0.4, 0.5) is 0 Å². The van der Waals surface area contributed by atoms with Crippen LogP contribution in [-0.4, -0.2) is 5.91 Å². The quantitative estimate of drug-likeness (QED) is 0.894. The maximum absolute atomic E-state index is 12.1. The molecule has 0 saturated heterocycles. The smallest absolute Gasteiger partial charge is 0.240 e. The van der Waals surface area contributed by atoms with E-state index in [1.54, 1.807) is 11.3 Å². The van der Waals surface area contributed by atoms with E-state index in [1.165, 1.54) is 0 Å². The number of carbonyl (C=O) groups is 1. The molecule has 1 atom stereocenters. The third-order valence-corrected chi connectivity index (χ3v) is 4.13. The zero-order valence-corrected chi connectivity index (χ0v) is 10.9. The minimum absolute atomic E-state index is 0.0186. The summed E-state index contributed by atoms with van der Waals surface area (Å²) in [5, 5.41) is 16.1. The minimum atomic E-state index is -0.774. The van der Waals surface area contributed by atoms with Gasteiger partial charge in [-0.2, -0.15) is 16.6 Å². The first-order chi connectivity index (χ1) is 8.07. The topological polar surface area (TPSA) is 52.9 Å². The summed E-state index contributed by atoms with van der Waals surface area (Å²) in [6.07, 6.45) is 1.37. The molecule has 0 bridgehead atoms. The van der Waals surface area contributed by atoms with E-state index in [4.69, 9.17) is 5.26 Å². The molecule has 3 nitrogen and oxygen atoms in total. The van der Waals surface area contributed by atoms with E-state index in [1.807, 2.05) is 23.8 Å². The Labute approximate surface area is 105 Å². The third-order valence-electron chi connectivity index (χ3n) is 3.43. The lowest BCUT2D eigenvalue weighted by molar-refractivity contribution is -0.134. The summed E-state index contributed by atoms with van der Waals surface area (Å²) in [7, 11) is 0. The predicted octanol–water partition coefficient (Wildman–Crippen LogP) is 2.87. The van der Waals surface area contributed by atoms with Gasteiger partial charge in [0.05, 0.1) is 12.1 Å². The highest BCUT2D eigenvalue weighted by molar-refractivity contribution is 7.07. The van der Waals surface area contributed by atoms with Crippen molar-refractivity contribution < 1.29 is 4.79 Å². The fourth-order valence-corrected chi connectivity index (χ4v) is 3.15. The van der Waals surface area contributed by atoms with Crippen molar-refractivity contribution in [3.8, 4) is 6.07 Å². The van der Waals surface area contributed by atoms with Crippen molar-refractivity contribution in [3.05, 3.63) is 22.4 Å². The van der Waals surface area contributed by atoms with E-state index in [2.05, 4.69) is 18.3 Å². The Kier molecular flexibility index (Phi) is 3.21. The van der Waals surface area contributed by atoms with Crippen molar-refractivity contribution in [3.63, 3.8) is 0 Å². The molecule has 2 rings (SSSR count). The van der Waals surface area contributed by atoms with Crippen LogP contribution < -0.4 is 5.32 Å². The standard InChI is InChI=1S/C13H16N2OS/c1-9-5-13(6-9,8-14)12(16)15-10(2)11-3-4-17-7-11/h3-4,7,9-10H,5-6H2,1-2H3,(H,15,16). The van der Waals surface area contributed by atoms with Gasteiger partial charge in [-0.3, -0.25) is 4.79 Å². The zero-order chi connectivity index (χ0) is 12.5. The zero-order valence-electron chi connectivity index (χ0n) is 10.1. The molecule has 1 aliphatic rings. The normalized spacial score (nSPS) is 28.9. The molecular weight excluding hydrogens is 232 g/mol. The molecule has 1 fully saturated rings. The van der Waals surface area contributed by atoms with E-state index >= 15 is 0 Å². The Balaban J connectivity index is 2.00. The highest BCUT2D eigenvalue weighted by Gasteiger charge is 2.49. The SMILES string of the molecule is CC1CC(C#N)(C(=O)NC(C)c2ccsc2)C1. The number of hydrogen-bond donors (Lipinski definition) is 1. The van der Waals surface area contributed by atoms with Crippen molar-refractivity contribution in [2.45, 2.75) is 32.7 Å². The number of thiophene rings is 1. The monoisotopic (exact) mass is 248 g/mol. The van der Waals surface area contributed by atoms with Gasteiger partial charge in [-0.05, 0) is 48.1 Å². The lowest BCUT2D eigenvalue weighted by Gasteiger charge is -2.39. The number of nitriles is 1. The van der Waals surface area contributed by atoms with Crippen LogP contribution in [-0.2, 0) is 4.79 Å². The highest BCUT2D eigenvalue weighted by Crippen LogP contribution is 2.45. The molecule has 1 aromatic rings. The third kappa shape index (κ3) is 2.20. The molecule has 1 aromatic heterocycles. The van der Waals surface area contributed by atoms with E-state index in [9.17, 15) is 4.79 Å². The Morgan fingerprint density at radius 1 is 1.71 bits per heavy atom. The van der Waals surface area contributed by atoms with Crippen LogP contribution in [0.15, 0.2) is 16.8 Å². The van der Waals surface area contributed by atoms with Crippen molar-refractivity contribution in [2.75, 3.05) is 0 Å². The van der Waals surface area contributed by atoms with Crippen molar-refractivity contribution in [1.29, 1.82) is 5.26 Å².